The van der Waals surface area contributed by atoms with Crippen LogP contribution in [0.3, 0.4) is 0 Å². The first-order valence-corrected chi connectivity index (χ1v) is 8.72. The number of ether oxygens (including phenoxy) is 1. The predicted octanol–water partition coefficient (Wildman–Crippen LogP) is 2.43. The van der Waals surface area contributed by atoms with E-state index in [9.17, 15) is 9.59 Å². The maximum absolute atomic E-state index is 12.8. The second kappa shape index (κ2) is 7.11. The Hall–Kier alpha value is -3.35. The summed E-state index contributed by atoms with van der Waals surface area (Å²) in [5, 5.41) is 0. The van der Waals surface area contributed by atoms with E-state index in [1.54, 1.807) is 47.2 Å². The molecule has 0 atom stereocenters. The highest BCUT2D eigenvalue weighted by molar-refractivity contribution is 5.98. The molecule has 0 bridgehead atoms. The Morgan fingerprint density at radius 1 is 1.00 bits per heavy atom. The largest absolute Gasteiger partial charge is 0.496 e. The highest BCUT2D eigenvalue weighted by atomic mass is 16.5. The second-order valence-electron chi connectivity index (χ2n) is 6.32. The fourth-order valence-corrected chi connectivity index (χ4v) is 3.27. The fraction of sp³-hybridized carbons (Fsp3) is 0.250. The van der Waals surface area contributed by atoms with Gasteiger partial charge in [0.1, 0.15) is 11.3 Å². The number of para-hydroxylation sites is 1. The van der Waals surface area contributed by atoms with Gasteiger partial charge in [-0.1, -0.05) is 12.1 Å². The molecule has 7 nitrogen and oxygen atoms in total. The van der Waals surface area contributed by atoms with Crippen LogP contribution in [0.5, 0.6) is 5.75 Å². The van der Waals surface area contributed by atoms with Crippen LogP contribution >= 0.6 is 0 Å². The molecule has 1 saturated heterocycles. The van der Waals surface area contributed by atoms with Gasteiger partial charge in [0.2, 0.25) is 0 Å². The Balaban J connectivity index is 1.43. The first-order chi connectivity index (χ1) is 13.2. The summed E-state index contributed by atoms with van der Waals surface area (Å²) in [6.45, 7) is 1.92. The summed E-state index contributed by atoms with van der Waals surface area (Å²) in [6.07, 6.45) is 1.36. The molecular formula is C20H19N3O4. The Morgan fingerprint density at radius 3 is 2.44 bits per heavy atom. The first-order valence-electron chi connectivity index (χ1n) is 8.72. The quantitative estimate of drug-likeness (QED) is 0.713. The molecule has 4 rings (SSSR count). The van der Waals surface area contributed by atoms with Crippen molar-refractivity contribution in [3.63, 3.8) is 0 Å². The van der Waals surface area contributed by atoms with Crippen LogP contribution in [0.25, 0.3) is 11.1 Å². The molecule has 0 unspecified atom stereocenters. The van der Waals surface area contributed by atoms with Gasteiger partial charge in [-0.3, -0.25) is 9.59 Å². The smallest absolute Gasteiger partial charge is 0.257 e. The number of carbonyl (C=O) groups excluding carboxylic acids is 2. The van der Waals surface area contributed by atoms with Crippen molar-refractivity contribution < 1.29 is 18.7 Å². The average Bonchev–Trinajstić information content (AvgIpc) is 3.20. The number of hydrogen-bond donors (Lipinski definition) is 0. The number of piperazine rings is 1. The van der Waals surface area contributed by atoms with E-state index in [2.05, 4.69) is 4.98 Å². The maximum Gasteiger partial charge on any atom is 0.257 e. The van der Waals surface area contributed by atoms with Gasteiger partial charge in [0.05, 0.1) is 12.7 Å². The summed E-state index contributed by atoms with van der Waals surface area (Å²) >= 11 is 0. The SMILES string of the molecule is COc1ccccc1C(=O)N1CCN(C(=O)c2ccc3ncoc3c2)CC1. The molecule has 27 heavy (non-hydrogen) atoms. The highest BCUT2D eigenvalue weighted by Gasteiger charge is 2.27. The number of fused-ring (bicyclic) bond motifs is 1. The van der Waals surface area contributed by atoms with E-state index in [0.29, 0.717) is 48.6 Å². The molecule has 138 valence electrons. The van der Waals surface area contributed by atoms with Crippen LogP contribution in [0.15, 0.2) is 53.3 Å². The number of rotatable bonds is 3. The van der Waals surface area contributed by atoms with Crippen molar-refractivity contribution in [2.24, 2.45) is 0 Å². The highest BCUT2D eigenvalue weighted by Crippen LogP contribution is 2.21. The van der Waals surface area contributed by atoms with E-state index < -0.39 is 0 Å². The summed E-state index contributed by atoms with van der Waals surface area (Å²) in [5.74, 6) is 0.404. The third-order valence-electron chi connectivity index (χ3n) is 4.77. The van der Waals surface area contributed by atoms with Crippen LogP contribution in [-0.4, -0.2) is 59.9 Å². The Morgan fingerprint density at radius 2 is 1.70 bits per heavy atom. The van der Waals surface area contributed by atoms with Gasteiger partial charge in [-0.15, -0.1) is 0 Å². The zero-order valence-electron chi connectivity index (χ0n) is 14.9. The Kier molecular flexibility index (Phi) is 4.50. The van der Waals surface area contributed by atoms with E-state index in [-0.39, 0.29) is 11.8 Å². The van der Waals surface area contributed by atoms with E-state index in [0.717, 1.165) is 5.52 Å². The van der Waals surface area contributed by atoms with Crippen LogP contribution in [0, 0.1) is 0 Å². The van der Waals surface area contributed by atoms with Gasteiger partial charge in [0.25, 0.3) is 11.8 Å². The monoisotopic (exact) mass is 365 g/mol. The molecule has 0 radical (unpaired) electrons. The molecule has 0 aliphatic carbocycles. The average molecular weight is 365 g/mol. The van der Waals surface area contributed by atoms with E-state index in [1.165, 1.54) is 6.39 Å². The number of oxazole rings is 1. The molecule has 3 aromatic rings. The molecule has 2 amide bonds. The van der Waals surface area contributed by atoms with Crippen molar-refractivity contribution in [2.45, 2.75) is 0 Å². The standard InChI is InChI=1S/C20H19N3O4/c1-26-17-5-3-2-4-15(17)20(25)23-10-8-22(9-11-23)19(24)14-6-7-16-18(12-14)27-13-21-16/h2-7,12-13H,8-11H2,1H3. The summed E-state index contributed by atoms with van der Waals surface area (Å²) in [7, 11) is 1.55. The Labute approximate surface area is 156 Å². The molecule has 2 aromatic carbocycles. The molecule has 0 spiro atoms. The van der Waals surface area contributed by atoms with Crippen LogP contribution in [0.1, 0.15) is 20.7 Å². The van der Waals surface area contributed by atoms with Gasteiger partial charge in [0, 0.05) is 31.7 Å². The van der Waals surface area contributed by atoms with Crippen molar-refractivity contribution in [1.82, 2.24) is 14.8 Å². The van der Waals surface area contributed by atoms with Gasteiger partial charge in [-0.05, 0) is 30.3 Å². The van der Waals surface area contributed by atoms with Gasteiger partial charge < -0.3 is 19.0 Å². The minimum absolute atomic E-state index is 0.0716. The van der Waals surface area contributed by atoms with Gasteiger partial charge >= 0.3 is 0 Å². The minimum Gasteiger partial charge on any atom is -0.496 e. The summed E-state index contributed by atoms with van der Waals surface area (Å²) < 4.78 is 10.5. The second-order valence-corrected chi connectivity index (χ2v) is 6.32. The number of amides is 2. The molecule has 1 fully saturated rings. The number of aromatic nitrogens is 1. The van der Waals surface area contributed by atoms with Crippen molar-refractivity contribution in [1.29, 1.82) is 0 Å². The zero-order chi connectivity index (χ0) is 18.8. The van der Waals surface area contributed by atoms with E-state index in [4.69, 9.17) is 9.15 Å². The zero-order valence-corrected chi connectivity index (χ0v) is 14.9. The van der Waals surface area contributed by atoms with Crippen molar-refractivity contribution in [2.75, 3.05) is 33.3 Å². The fourth-order valence-electron chi connectivity index (χ4n) is 3.27. The van der Waals surface area contributed by atoms with Crippen molar-refractivity contribution >= 4 is 22.9 Å². The minimum atomic E-state index is -0.0809. The number of methoxy groups -OCH3 is 1. The van der Waals surface area contributed by atoms with Gasteiger partial charge in [0.15, 0.2) is 12.0 Å². The van der Waals surface area contributed by atoms with Crippen LogP contribution < -0.4 is 4.74 Å². The lowest BCUT2D eigenvalue weighted by Crippen LogP contribution is -2.50. The lowest BCUT2D eigenvalue weighted by molar-refractivity contribution is 0.0533. The van der Waals surface area contributed by atoms with Crippen LogP contribution in [0.2, 0.25) is 0 Å². The predicted molar refractivity (Wildman–Crippen MR) is 98.8 cm³/mol. The number of nitrogens with zero attached hydrogens (tertiary/aromatic N) is 3. The number of carbonyl (C=O) groups is 2. The van der Waals surface area contributed by atoms with Crippen LogP contribution in [0.4, 0.5) is 0 Å². The normalized spacial score (nSPS) is 14.4. The van der Waals surface area contributed by atoms with Crippen molar-refractivity contribution in [3.05, 3.63) is 60.0 Å². The third kappa shape index (κ3) is 3.23. The molecule has 2 heterocycles. The molecule has 0 N–H and O–H groups in total. The van der Waals surface area contributed by atoms with Gasteiger partial charge in [-0.25, -0.2) is 4.98 Å². The maximum atomic E-state index is 12.8. The number of benzene rings is 2. The lowest BCUT2D eigenvalue weighted by atomic mass is 10.1. The molecule has 1 aliphatic heterocycles. The topological polar surface area (TPSA) is 75.9 Å². The molecule has 7 heteroatoms. The molecule has 0 saturated carbocycles. The molecular weight excluding hydrogens is 346 g/mol. The lowest BCUT2D eigenvalue weighted by Gasteiger charge is -2.35. The van der Waals surface area contributed by atoms with E-state index in [1.807, 2.05) is 12.1 Å². The summed E-state index contributed by atoms with van der Waals surface area (Å²) in [5.41, 5.74) is 2.41. The molecule has 1 aromatic heterocycles. The van der Waals surface area contributed by atoms with Gasteiger partial charge in [-0.2, -0.15) is 0 Å². The summed E-state index contributed by atoms with van der Waals surface area (Å²) in [6, 6.07) is 12.4. The van der Waals surface area contributed by atoms with E-state index >= 15 is 0 Å². The number of hydrogen-bond acceptors (Lipinski definition) is 5. The molecule has 1 aliphatic rings. The summed E-state index contributed by atoms with van der Waals surface area (Å²) in [4.78, 5) is 33.1. The van der Waals surface area contributed by atoms with Crippen molar-refractivity contribution in [3.8, 4) is 5.75 Å². The first kappa shape index (κ1) is 17.1. The third-order valence-corrected chi connectivity index (χ3v) is 4.77. The Bertz CT molecular complexity index is 990. The van der Waals surface area contributed by atoms with Crippen LogP contribution in [-0.2, 0) is 0 Å².